The fourth-order valence-electron chi connectivity index (χ4n) is 2.30. The third kappa shape index (κ3) is 4.71. The molecule has 2 aromatic carbocycles. The summed E-state index contributed by atoms with van der Waals surface area (Å²) in [6, 6.07) is 18.3. The van der Waals surface area contributed by atoms with Gasteiger partial charge in [-0.25, -0.2) is 0 Å². The second kappa shape index (κ2) is 7.99. The van der Waals surface area contributed by atoms with Crippen LogP contribution < -0.4 is 5.32 Å². The van der Waals surface area contributed by atoms with Crippen LogP contribution in [-0.2, 0) is 11.2 Å². The lowest BCUT2D eigenvalue weighted by Crippen LogP contribution is -2.29. The van der Waals surface area contributed by atoms with Gasteiger partial charge in [-0.1, -0.05) is 70.5 Å². The molecule has 0 radical (unpaired) electrons. The highest BCUT2D eigenvalue weighted by atomic mass is 79.9. The lowest BCUT2D eigenvalue weighted by Gasteiger charge is -2.17. The van der Waals surface area contributed by atoms with E-state index in [1.165, 1.54) is 11.1 Å². The van der Waals surface area contributed by atoms with Gasteiger partial charge in [0.05, 0.1) is 6.04 Å². The van der Waals surface area contributed by atoms with Crippen molar-refractivity contribution >= 4 is 21.8 Å². The van der Waals surface area contributed by atoms with E-state index in [-0.39, 0.29) is 11.9 Å². The summed E-state index contributed by atoms with van der Waals surface area (Å²) in [6.45, 7) is 2.08. The molecule has 0 heterocycles. The second-order valence-electron chi connectivity index (χ2n) is 5.11. The van der Waals surface area contributed by atoms with E-state index in [2.05, 4.69) is 40.3 Å². The zero-order valence-corrected chi connectivity index (χ0v) is 13.8. The molecule has 1 N–H and O–H groups in total. The second-order valence-corrected chi connectivity index (χ2v) is 5.76. The Bertz CT molecular complexity index is 583. The molecule has 0 saturated carbocycles. The molecule has 3 heteroatoms. The number of carbonyl (C=O) groups is 1. The van der Waals surface area contributed by atoms with Crippen LogP contribution in [0.5, 0.6) is 0 Å². The van der Waals surface area contributed by atoms with E-state index in [0.29, 0.717) is 11.8 Å². The monoisotopic (exact) mass is 345 g/mol. The Morgan fingerprint density at radius 2 is 1.76 bits per heavy atom. The van der Waals surface area contributed by atoms with Gasteiger partial charge in [-0.2, -0.15) is 0 Å². The maximum Gasteiger partial charge on any atom is 0.220 e. The summed E-state index contributed by atoms with van der Waals surface area (Å²) in [4.78, 5) is 12.1. The number of hydrogen-bond donors (Lipinski definition) is 1. The first-order chi connectivity index (χ1) is 10.2. The van der Waals surface area contributed by atoms with E-state index in [1.807, 2.05) is 42.5 Å². The Kier molecular flexibility index (Phi) is 6.00. The number of carbonyl (C=O) groups excluding carboxylic acids is 1. The molecule has 0 fully saturated rings. The van der Waals surface area contributed by atoms with Crippen LogP contribution in [0.4, 0.5) is 0 Å². The lowest BCUT2D eigenvalue weighted by atomic mass is 10.0. The average Bonchev–Trinajstić information content (AvgIpc) is 2.52. The number of aryl methyl sites for hydroxylation is 2. The number of halogens is 1. The van der Waals surface area contributed by atoms with E-state index < -0.39 is 0 Å². The summed E-state index contributed by atoms with van der Waals surface area (Å²) >= 11 is 3.47. The minimum absolute atomic E-state index is 0.0237. The maximum atomic E-state index is 12.1. The van der Waals surface area contributed by atoms with Gasteiger partial charge in [0.1, 0.15) is 0 Å². The van der Waals surface area contributed by atoms with Gasteiger partial charge < -0.3 is 5.32 Å². The number of rotatable bonds is 6. The molecule has 0 bridgehead atoms. The van der Waals surface area contributed by atoms with Gasteiger partial charge in [-0.15, -0.1) is 0 Å². The first kappa shape index (κ1) is 15.8. The quantitative estimate of drug-likeness (QED) is 0.781. The molecule has 21 heavy (non-hydrogen) atoms. The van der Waals surface area contributed by atoms with Crippen LogP contribution in [0.25, 0.3) is 0 Å². The van der Waals surface area contributed by atoms with Crippen LogP contribution in [0, 0.1) is 6.92 Å². The van der Waals surface area contributed by atoms with Crippen molar-refractivity contribution in [3.63, 3.8) is 0 Å². The number of alkyl halides is 1. The smallest absolute Gasteiger partial charge is 0.220 e. The van der Waals surface area contributed by atoms with E-state index in [9.17, 15) is 4.79 Å². The first-order valence-corrected chi connectivity index (χ1v) is 8.27. The zero-order chi connectivity index (χ0) is 15.1. The minimum atomic E-state index is 0.0237. The molecule has 0 aliphatic rings. The van der Waals surface area contributed by atoms with E-state index in [1.54, 1.807) is 0 Å². The van der Waals surface area contributed by atoms with Crippen molar-refractivity contribution in [3.05, 3.63) is 71.3 Å². The zero-order valence-electron chi connectivity index (χ0n) is 12.2. The number of amides is 1. The van der Waals surface area contributed by atoms with Crippen LogP contribution in [0.3, 0.4) is 0 Å². The normalized spacial score (nSPS) is 11.9. The van der Waals surface area contributed by atoms with Gasteiger partial charge in [0, 0.05) is 11.8 Å². The summed E-state index contributed by atoms with van der Waals surface area (Å²) in [5.74, 6) is 0.0894. The Balaban J connectivity index is 1.90. The van der Waals surface area contributed by atoms with Crippen LogP contribution in [0.2, 0.25) is 0 Å². The summed E-state index contributed by atoms with van der Waals surface area (Å²) in [6.07, 6.45) is 1.30. The van der Waals surface area contributed by atoms with Gasteiger partial charge in [-0.05, 0) is 30.0 Å². The highest BCUT2D eigenvalue weighted by Gasteiger charge is 2.13. The number of benzene rings is 2. The standard InChI is InChI=1S/C18H20BrNO/c1-14-7-5-6-8-15(14)11-12-18(21)20-17(13-19)16-9-3-2-4-10-16/h2-10,17H,11-13H2,1H3,(H,20,21). The van der Waals surface area contributed by atoms with Crippen molar-refractivity contribution in [2.24, 2.45) is 0 Å². The lowest BCUT2D eigenvalue weighted by molar-refractivity contribution is -0.121. The van der Waals surface area contributed by atoms with Crippen molar-refractivity contribution in [1.29, 1.82) is 0 Å². The van der Waals surface area contributed by atoms with Crippen molar-refractivity contribution < 1.29 is 4.79 Å². The molecule has 1 amide bonds. The topological polar surface area (TPSA) is 29.1 Å². The van der Waals surface area contributed by atoms with Crippen LogP contribution in [0.15, 0.2) is 54.6 Å². The molecule has 1 unspecified atom stereocenters. The van der Waals surface area contributed by atoms with Gasteiger partial charge in [0.2, 0.25) is 5.91 Å². The molecule has 0 spiro atoms. The van der Waals surface area contributed by atoms with Gasteiger partial charge in [0.15, 0.2) is 0 Å². The molecule has 2 rings (SSSR count). The van der Waals surface area contributed by atoms with Crippen LogP contribution in [-0.4, -0.2) is 11.2 Å². The number of nitrogens with one attached hydrogen (secondary N) is 1. The van der Waals surface area contributed by atoms with Crippen molar-refractivity contribution in [2.75, 3.05) is 5.33 Å². The van der Waals surface area contributed by atoms with Gasteiger partial charge >= 0.3 is 0 Å². The molecule has 0 aliphatic heterocycles. The molecular weight excluding hydrogens is 326 g/mol. The SMILES string of the molecule is Cc1ccccc1CCC(=O)NC(CBr)c1ccccc1. The van der Waals surface area contributed by atoms with Crippen LogP contribution >= 0.6 is 15.9 Å². The fourth-order valence-corrected chi connectivity index (χ4v) is 2.84. The Morgan fingerprint density at radius 3 is 2.43 bits per heavy atom. The molecule has 2 nitrogen and oxygen atoms in total. The minimum Gasteiger partial charge on any atom is -0.348 e. The van der Waals surface area contributed by atoms with Crippen LogP contribution in [0.1, 0.15) is 29.2 Å². The van der Waals surface area contributed by atoms with E-state index in [0.717, 1.165) is 12.0 Å². The predicted octanol–water partition coefficient (Wildman–Crippen LogP) is 4.18. The fraction of sp³-hybridized carbons (Fsp3) is 0.278. The van der Waals surface area contributed by atoms with Crippen molar-refractivity contribution in [1.82, 2.24) is 5.32 Å². The molecule has 0 saturated heterocycles. The summed E-state index contributed by atoms with van der Waals surface area (Å²) < 4.78 is 0. The summed E-state index contributed by atoms with van der Waals surface area (Å²) in [5, 5.41) is 3.80. The van der Waals surface area contributed by atoms with Crippen molar-refractivity contribution in [2.45, 2.75) is 25.8 Å². The van der Waals surface area contributed by atoms with E-state index in [4.69, 9.17) is 0 Å². The highest BCUT2D eigenvalue weighted by Crippen LogP contribution is 2.16. The molecule has 1 atom stereocenters. The van der Waals surface area contributed by atoms with Gasteiger partial charge in [-0.3, -0.25) is 4.79 Å². The number of hydrogen-bond acceptors (Lipinski definition) is 1. The predicted molar refractivity (Wildman–Crippen MR) is 90.6 cm³/mol. The molecule has 110 valence electrons. The summed E-state index contributed by atoms with van der Waals surface area (Å²) in [7, 11) is 0. The molecular formula is C18H20BrNO. The van der Waals surface area contributed by atoms with Gasteiger partial charge in [0.25, 0.3) is 0 Å². The third-order valence-corrected chi connectivity index (χ3v) is 4.22. The third-order valence-electron chi connectivity index (χ3n) is 3.57. The summed E-state index contributed by atoms with van der Waals surface area (Å²) in [5.41, 5.74) is 3.60. The van der Waals surface area contributed by atoms with E-state index >= 15 is 0 Å². The average molecular weight is 346 g/mol. The molecule has 2 aromatic rings. The Hall–Kier alpha value is -1.61. The highest BCUT2D eigenvalue weighted by molar-refractivity contribution is 9.09. The Morgan fingerprint density at radius 1 is 1.10 bits per heavy atom. The Labute approximate surface area is 134 Å². The molecule has 0 aromatic heterocycles. The molecule has 0 aliphatic carbocycles. The maximum absolute atomic E-state index is 12.1. The first-order valence-electron chi connectivity index (χ1n) is 7.15. The largest absolute Gasteiger partial charge is 0.348 e. The van der Waals surface area contributed by atoms with Crippen molar-refractivity contribution in [3.8, 4) is 0 Å².